The van der Waals surface area contributed by atoms with Crippen LogP contribution in [0.5, 0.6) is 0 Å². The number of amides is 2. The zero-order chi connectivity index (χ0) is 14.5. The molecule has 0 aromatic carbocycles. The Bertz CT molecular complexity index is 297. The van der Waals surface area contributed by atoms with Gasteiger partial charge in [0.15, 0.2) is 0 Å². The van der Waals surface area contributed by atoms with Crippen LogP contribution in [0.3, 0.4) is 0 Å². The summed E-state index contributed by atoms with van der Waals surface area (Å²) in [4.78, 5) is 23.6. The topological polar surface area (TPSA) is 84.2 Å². The maximum atomic E-state index is 11.8. The fourth-order valence-corrected chi connectivity index (χ4v) is 1.37. The van der Waals surface area contributed by atoms with Crippen LogP contribution in [0.1, 0.15) is 48.0 Å². The van der Waals surface area contributed by atoms with Crippen molar-refractivity contribution in [2.75, 3.05) is 0 Å². The van der Waals surface area contributed by atoms with Gasteiger partial charge in [-0.05, 0) is 33.6 Å². The van der Waals surface area contributed by atoms with Crippen molar-refractivity contribution < 1.29 is 9.59 Å². The SMILES string of the molecule is CCC(C)C(N)C(=O)NC(C)C(=O)NC(C)(C)C. The van der Waals surface area contributed by atoms with Crippen molar-refractivity contribution in [1.29, 1.82) is 0 Å². The molecule has 0 bridgehead atoms. The van der Waals surface area contributed by atoms with Crippen LogP contribution < -0.4 is 16.4 Å². The van der Waals surface area contributed by atoms with Gasteiger partial charge in [0, 0.05) is 5.54 Å². The van der Waals surface area contributed by atoms with Crippen molar-refractivity contribution in [3.8, 4) is 0 Å². The summed E-state index contributed by atoms with van der Waals surface area (Å²) in [6.45, 7) is 11.2. The Morgan fingerprint density at radius 2 is 1.67 bits per heavy atom. The van der Waals surface area contributed by atoms with Gasteiger partial charge >= 0.3 is 0 Å². The average Bonchev–Trinajstić information content (AvgIpc) is 2.24. The minimum absolute atomic E-state index is 0.0999. The number of nitrogens with one attached hydrogen (secondary N) is 2. The summed E-state index contributed by atoms with van der Waals surface area (Å²) in [6, 6.07) is -1.15. The van der Waals surface area contributed by atoms with Crippen molar-refractivity contribution >= 4 is 11.8 Å². The molecule has 0 saturated carbocycles. The van der Waals surface area contributed by atoms with E-state index in [1.807, 2.05) is 34.6 Å². The van der Waals surface area contributed by atoms with Crippen molar-refractivity contribution in [1.82, 2.24) is 10.6 Å². The highest BCUT2D eigenvalue weighted by Crippen LogP contribution is 2.05. The van der Waals surface area contributed by atoms with Gasteiger partial charge in [0.25, 0.3) is 0 Å². The van der Waals surface area contributed by atoms with Gasteiger partial charge in [0.1, 0.15) is 6.04 Å². The van der Waals surface area contributed by atoms with Crippen molar-refractivity contribution in [3.63, 3.8) is 0 Å². The van der Waals surface area contributed by atoms with E-state index in [4.69, 9.17) is 5.73 Å². The third-order valence-electron chi connectivity index (χ3n) is 2.81. The molecule has 0 aromatic heterocycles. The Morgan fingerprint density at radius 3 is 2.06 bits per heavy atom. The fourth-order valence-electron chi connectivity index (χ4n) is 1.37. The summed E-state index contributed by atoms with van der Waals surface area (Å²) in [5.74, 6) is -0.379. The molecule has 4 N–H and O–H groups in total. The first-order chi connectivity index (χ1) is 8.08. The zero-order valence-electron chi connectivity index (χ0n) is 12.3. The van der Waals surface area contributed by atoms with Gasteiger partial charge in [-0.25, -0.2) is 0 Å². The Hall–Kier alpha value is -1.10. The van der Waals surface area contributed by atoms with Crippen LogP contribution in [0.15, 0.2) is 0 Å². The molecule has 0 aliphatic rings. The second-order valence-electron chi connectivity index (χ2n) is 5.88. The van der Waals surface area contributed by atoms with E-state index >= 15 is 0 Å². The second kappa shape index (κ2) is 6.73. The molecule has 0 fully saturated rings. The van der Waals surface area contributed by atoms with Gasteiger partial charge in [-0.2, -0.15) is 0 Å². The van der Waals surface area contributed by atoms with Crippen LogP contribution in [0.2, 0.25) is 0 Å². The predicted octanol–water partition coefficient (Wildman–Crippen LogP) is 0.779. The van der Waals surface area contributed by atoms with Crippen LogP contribution in [0.4, 0.5) is 0 Å². The van der Waals surface area contributed by atoms with E-state index in [1.165, 1.54) is 0 Å². The molecule has 5 nitrogen and oxygen atoms in total. The highest BCUT2D eigenvalue weighted by molar-refractivity contribution is 5.89. The lowest BCUT2D eigenvalue weighted by Crippen LogP contribution is -2.54. The van der Waals surface area contributed by atoms with E-state index < -0.39 is 12.1 Å². The van der Waals surface area contributed by atoms with Crippen LogP contribution in [0.25, 0.3) is 0 Å². The molecule has 0 aromatic rings. The highest BCUT2D eigenvalue weighted by Gasteiger charge is 2.25. The summed E-state index contributed by atoms with van der Waals surface area (Å²) in [5, 5.41) is 5.45. The molecule has 0 rings (SSSR count). The number of carbonyl (C=O) groups excluding carboxylic acids is 2. The standard InChI is InChI=1S/C13H27N3O2/c1-7-8(2)10(14)12(18)15-9(3)11(17)16-13(4,5)6/h8-10H,7,14H2,1-6H3,(H,15,18)(H,16,17). The van der Waals surface area contributed by atoms with E-state index in [9.17, 15) is 9.59 Å². The quantitative estimate of drug-likeness (QED) is 0.680. The molecule has 18 heavy (non-hydrogen) atoms. The molecule has 3 unspecified atom stereocenters. The summed E-state index contributed by atoms with van der Waals surface area (Å²) in [6.07, 6.45) is 0.831. The largest absolute Gasteiger partial charge is 0.350 e. The van der Waals surface area contributed by atoms with Crippen LogP contribution >= 0.6 is 0 Å². The lowest BCUT2D eigenvalue weighted by atomic mass is 9.99. The molecule has 2 amide bonds. The minimum atomic E-state index is -0.577. The van der Waals surface area contributed by atoms with Gasteiger partial charge < -0.3 is 16.4 Å². The summed E-state index contributed by atoms with van der Waals surface area (Å²) in [5.41, 5.74) is 5.49. The minimum Gasteiger partial charge on any atom is -0.350 e. The molecule has 5 heteroatoms. The van der Waals surface area contributed by atoms with E-state index in [0.717, 1.165) is 6.42 Å². The molecule has 0 aliphatic carbocycles. The van der Waals surface area contributed by atoms with Gasteiger partial charge in [0.2, 0.25) is 11.8 Å². The van der Waals surface area contributed by atoms with E-state index in [1.54, 1.807) is 6.92 Å². The van der Waals surface area contributed by atoms with Gasteiger partial charge in [-0.3, -0.25) is 9.59 Å². The predicted molar refractivity (Wildman–Crippen MR) is 72.9 cm³/mol. The highest BCUT2D eigenvalue weighted by atomic mass is 16.2. The second-order valence-corrected chi connectivity index (χ2v) is 5.88. The monoisotopic (exact) mass is 257 g/mol. The Labute approximate surface area is 110 Å². The molecule has 0 heterocycles. The lowest BCUT2D eigenvalue weighted by Gasteiger charge is -2.25. The van der Waals surface area contributed by atoms with Gasteiger partial charge in [-0.1, -0.05) is 20.3 Å². The Morgan fingerprint density at radius 1 is 1.17 bits per heavy atom. The van der Waals surface area contributed by atoms with Crippen molar-refractivity contribution in [3.05, 3.63) is 0 Å². The van der Waals surface area contributed by atoms with E-state index in [-0.39, 0.29) is 23.3 Å². The lowest BCUT2D eigenvalue weighted by molar-refractivity contribution is -0.130. The molecule has 106 valence electrons. The van der Waals surface area contributed by atoms with Gasteiger partial charge in [-0.15, -0.1) is 0 Å². The third kappa shape index (κ3) is 6.00. The zero-order valence-corrected chi connectivity index (χ0v) is 12.3. The number of hydrogen-bond donors (Lipinski definition) is 3. The van der Waals surface area contributed by atoms with Crippen molar-refractivity contribution in [2.45, 2.75) is 65.6 Å². The first-order valence-electron chi connectivity index (χ1n) is 6.46. The number of rotatable bonds is 5. The summed E-state index contributed by atoms with van der Waals surface area (Å²) >= 11 is 0. The normalized spacial score (nSPS) is 16.6. The van der Waals surface area contributed by atoms with Crippen LogP contribution in [0, 0.1) is 5.92 Å². The van der Waals surface area contributed by atoms with Gasteiger partial charge in [0.05, 0.1) is 6.04 Å². The van der Waals surface area contributed by atoms with E-state index in [0.29, 0.717) is 0 Å². The molecule has 0 radical (unpaired) electrons. The summed E-state index contributed by atoms with van der Waals surface area (Å²) in [7, 11) is 0. The first kappa shape index (κ1) is 16.9. The maximum absolute atomic E-state index is 11.8. The van der Waals surface area contributed by atoms with Crippen molar-refractivity contribution in [2.24, 2.45) is 11.7 Å². The molecule has 0 aliphatic heterocycles. The number of carbonyl (C=O) groups is 2. The molecule has 0 saturated heterocycles. The van der Waals surface area contributed by atoms with Crippen LogP contribution in [-0.2, 0) is 9.59 Å². The third-order valence-corrected chi connectivity index (χ3v) is 2.81. The smallest absolute Gasteiger partial charge is 0.242 e. The Kier molecular flexibility index (Phi) is 6.32. The van der Waals surface area contributed by atoms with Crippen LogP contribution in [-0.4, -0.2) is 29.4 Å². The average molecular weight is 257 g/mol. The first-order valence-corrected chi connectivity index (χ1v) is 6.46. The maximum Gasteiger partial charge on any atom is 0.242 e. The summed E-state index contributed by atoms with van der Waals surface area (Å²) < 4.78 is 0. The fraction of sp³-hybridized carbons (Fsp3) is 0.846. The molecule has 0 spiro atoms. The van der Waals surface area contributed by atoms with E-state index in [2.05, 4.69) is 10.6 Å². The number of nitrogens with two attached hydrogens (primary N) is 1. The molecular formula is C13H27N3O2. The molecule has 3 atom stereocenters. The number of hydrogen-bond acceptors (Lipinski definition) is 3. The molecular weight excluding hydrogens is 230 g/mol. The Balaban J connectivity index is 4.35.